The summed E-state index contributed by atoms with van der Waals surface area (Å²) in [4.78, 5) is 0. The van der Waals surface area contributed by atoms with Gasteiger partial charge in [0.05, 0.1) is 0 Å². The van der Waals surface area contributed by atoms with Crippen LogP contribution in [0.15, 0.2) is 97.1 Å². The van der Waals surface area contributed by atoms with E-state index in [1.807, 2.05) is 0 Å². The SMILES string of the molecule is CCCCCCc1ccc(C=Cc2ccc(C#Cc3ccc(C=Cc4ccc(CCCCCC)cc4)cc3)cc2)cc1. The van der Waals surface area contributed by atoms with E-state index in [0.717, 1.165) is 11.1 Å². The monoisotopic (exact) mass is 550 g/mol. The summed E-state index contributed by atoms with van der Waals surface area (Å²) in [6, 6.07) is 34.9. The Balaban J connectivity index is 1.25. The van der Waals surface area contributed by atoms with Gasteiger partial charge in [0, 0.05) is 11.1 Å². The van der Waals surface area contributed by atoms with Crippen LogP contribution in [0.3, 0.4) is 0 Å². The summed E-state index contributed by atoms with van der Waals surface area (Å²) in [7, 11) is 0. The van der Waals surface area contributed by atoms with Crippen LogP contribution in [0.1, 0.15) is 110 Å². The Morgan fingerprint density at radius 1 is 0.381 bits per heavy atom. The number of hydrogen-bond donors (Lipinski definition) is 0. The van der Waals surface area contributed by atoms with Crippen LogP contribution in [0, 0.1) is 11.8 Å². The molecule has 0 fully saturated rings. The lowest BCUT2D eigenvalue weighted by molar-refractivity contribution is 0.667. The molecule has 0 bridgehead atoms. The van der Waals surface area contributed by atoms with Gasteiger partial charge in [0.2, 0.25) is 0 Å². The maximum atomic E-state index is 3.30. The highest BCUT2D eigenvalue weighted by Gasteiger charge is 1.97. The van der Waals surface area contributed by atoms with Gasteiger partial charge in [-0.25, -0.2) is 0 Å². The smallest absolute Gasteiger partial charge is 0.0249 e. The van der Waals surface area contributed by atoms with Gasteiger partial charge < -0.3 is 0 Å². The molecule has 4 rings (SSSR count). The van der Waals surface area contributed by atoms with E-state index in [9.17, 15) is 0 Å². The Morgan fingerprint density at radius 2 is 0.690 bits per heavy atom. The Labute approximate surface area is 255 Å². The summed E-state index contributed by atoms with van der Waals surface area (Å²) in [6.07, 6.45) is 21.6. The summed E-state index contributed by atoms with van der Waals surface area (Å²) in [5.74, 6) is 6.61. The van der Waals surface area contributed by atoms with Crippen LogP contribution in [0.25, 0.3) is 24.3 Å². The quantitative estimate of drug-likeness (QED) is 0.0832. The van der Waals surface area contributed by atoms with Crippen molar-refractivity contribution in [2.75, 3.05) is 0 Å². The van der Waals surface area contributed by atoms with Gasteiger partial charge in [0.1, 0.15) is 0 Å². The van der Waals surface area contributed by atoms with E-state index in [1.165, 1.54) is 97.6 Å². The molecule has 0 aliphatic rings. The highest BCUT2D eigenvalue weighted by atomic mass is 14.0. The first kappa shape index (κ1) is 30.9. The zero-order valence-electron chi connectivity index (χ0n) is 25.6. The predicted octanol–water partition coefficient (Wildman–Crippen LogP) is 11.7. The summed E-state index contributed by atoms with van der Waals surface area (Å²) < 4.78 is 0. The summed E-state index contributed by atoms with van der Waals surface area (Å²) in [5, 5.41) is 0. The molecule has 0 aromatic heterocycles. The second-order valence-electron chi connectivity index (χ2n) is 11.3. The standard InChI is InChI=1S/C42H46/c1-3-5-7-9-11-35-13-17-37(18-14-35)21-23-39-25-29-41(30-26-39)33-34-42-31-27-40(28-32-42)24-22-38-19-15-36(16-20-38)12-10-8-6-4-2/h13-32H,3-12H2,1-2H3. The fourth-order valence-electron chi connectivity index (χ4n) is 4.99. The van der Waals surface area contributed by atoms with Crippen LogP contribution in [-0.4, -0.2) is 0 Å². The molecular formula is C42H46. The Hall–Kier alpha value is -4.08. The first-order valence-electron chi connectivity index (χ1n) is 16.0. The largest absolute Gasteiger partial charge is 0.0654 e. The van der Waals surface area contributed by atoms with Gasteiger partial charge in [0.25, 0.3) is 0 Å². The molecule has 4 aromatic rings. The molecule has 0 heterocycles. The average molecular weight is 551 g/mol. The zero-order valence-corrected chi connectivity index (χ0v) is 25.6. The van der Waals surface area contributed by atoms with E-state index in [4.69, 9.17) is 0 Å². The summed E-state index contributed by atoms with van der Waals surface area (Å²) in [6.45, 7) is 4.52. The number of hydrogen-bond acceptors (Lipinski definition) is 0. The maximum absolute atomic E-state index is 3.30. The second-order valence-corrected chi connectivity index (χ2v) is 11.3. The first-order chi connectivity index (χ1) is 20.7. The van der Waals surface area contributed by atoms with Crippen LogP contribution < -0.4 is 0 Å². The molecule has 0 spiro atoms. The van der Waals surface area contributed by atoms with Crippen LogP contribution in [0.5, 0.6) is 0 Å². The van der Waals surface area contributed by atoms with Gasteiger partial charge in [-0.05, 0) is 83.3 Å². The van der Waals surface area contributed by atoms with Crippen molar-refractivity contribution in [3.8, 4) is 11.8 Å². The van der Waals surface area contributed by atoms with Crippen molar-refractivity contribution in [1.29, 1.82) is 0 Å². The molecule has 0 unspecified atom stereocenters. The topological polar surface area (TPSA) is 0 Å². The first-order valence-corrected chi connectivity index (χ1v) is 16.0. The maximum Gasteiger partial charge on any atom is 0.0249 e. The van der Waals surface area contributed by atoms with Crippen molar-refractivity contribution >= 4 is 24.3 Å². The summed E-state index contributed by atoms with van der Waals surface area (Å²) in [5.41, 5.74) is 9.76. The van der Waals surface area contributed by atoms with E-state index >= 15 is 0 Å². The van der Waals surface area contributed by atoms with Crippen LogP contribution in [-0.2, 0) is 12.8 Å². The van der Waals surface area contributed by atoms with Crippen molar-refractivity contribution < 1.29 is 0 Å². The molecule has 0 aliphatic carbocycles. The van der Waals surface area contributed by atoms with Crippen molar-refractivity contribution in [2.24, 2.45) is 0 Å². The minimum atomic E-state index is 1.03. The molecule has 42 heavy (non-hydrogen) atoms. The molecule has 214 valence electrons. The third kappa shape index (κ3) is 11.1. The fraction of sp³-hybridized carbons (Fsp3) is 0.286. The average Bonchev–Trinajstić information content (AvgIpc) is 3.04. The number of unbranched alkanes of at least 4 members (excludes halogenated alkanes) is 6. The van der Waals surface area contributed by atoms with Gasteiger partial charge in [-0.3, -0.25) is 0 Å². The zero-order chi connectivity index (χ0) is 29.2. The Bertz CT molecular complexity index is 1320. The summed E-state index contributed by atoms with van der Waals surface area (Å²) >= 11 is 0. The predicted molar refractivity (Wildman–Crippen MR) is 185 cm³/mol. The normalized spacial score (nSPS) is 11.2. The molecule has 0 nitrogen and oxygen atoms in total. The van der Waals surface area contributed by atoms with E-state index in [1.54, 1.807) is 0 Å². The highest BCUT2D eigenvalue weighted by Crippen LogP contribution is 2.15. The van der Waals surface area contributed by atoms with Crippen LogP contribution in [0.2, 0.25) is 0 Å². The minimum absolute atomic E-state index is 1.03. The number of rotatable bonds is 14. The van der Waals surface area contributed by atoms with E-state index in [0.29, 0.717) is 0 Å². The van der Waals surface area contributed by atoms with Gasteiger partial charge >= 0.3 is 0 Å². The third-order valence-corrected chi connectivity index (χ3v) is 7.71. The van der Waals surface area contributed by atoms with Gasteiger partial charge in [-0.1, -0.05) is 161 Å². The van der Waals surface area contributed by atoms with Crippen molar-refractivity contribution in [1.82, 2.24) is 0 Å². The molecule has 0 amide bonds. The van der Waals surface area contributed by atoms with Crippen molar-refractivity contribution in [3.05, 3.63) is 142 Å². The van der Waals surface area contributed by atoms with E-state index in [-0.39, 0.29) is 0 Å². The molecule has 0 N–H and O–H groups in total. The number of aryl methyl sites for hydroxylation is 2. The second kappa shape index (κ2) is 17.7. The van der Waals surface area contributed by atoms with Crippen molar-refractivity contribution in [3.63, 3.8) is 0 Å². The molecule has 0 heteroatoms. The highest BCUT2D eigenvalue weighted by molar-refractivity contribution is 5.71. The minimum Gasteiger partial charge on any atom is -0.0654 e. The van der Waals surface area contributed by atoms with Crippen LogP contribution in [0.4, 0.5) is 0 Å². The lowest BCUT2D eigenvalue weighted by Gasteiger charge is -2.02. The lowest BCUT2D eigenvalue weighted by Crippen LogP contribution is -1.86. The lowest BCUT2D eigenvalue weighted by atomic mass is 10.0. The fourth-order valence-corrected chi connectivity index (χ4v) is 4.99. The molecular weight excluding hydrogens is 504 g/mol. The number of benzene rings is 4. The molecule has 0 radical (unpaired) electrons. The van der Waals surface area contributed by atoms with Gasteiger partial charge in [-0.2, -0.15) is 0 Å². The van der Waals surface area contributed by atoms with Crippen molar-refractivity contribution in [2.45, 2.75) is 78.1 Å². The Kier molecular flexibility index (Phi) is 13.0. The molecule has 4 aromatic carbocycles. The van der Waals surface area contributed by atoms with E-state index < -0.39 is 0 Å². The molecule has 0 aliphatic heterocycles. The Morgan fingerprint density at radius 3 is 1.00 bits per heavy atom. The van der Waals surface area contributed by atoms with Gasteiger partial charge in [0.15, 0.2) is 0 Å². The molecule has 0 atom stereocenters. The molecule has 0 saturated heterocycles. The van der Waals surface area contributed by atoms with E-state index in [2.05, 4.69) is 147 Å². The molecule has 0 saturated carbocycles. The van der Waals surface area contributed by atoms with Crippen LogP contribution >= 0.6 is 0 Å². The van der Waals surface area contributed by atoms with Gasteiger partial charge in [-0.15, -0.1) is 0 Å². The third-order valence-electron chi connectivity index (χ3n) is 7.71.